The average molecular weight is 386 g/mol. The minimum atomic E-state index is -0.609. The zero-order valence-electron chi connectivity index (χ0n) is 14.2. The number of ether oxygens (including phenoxy) is 1. The van der Waals surface area contributed by atoms with E-state index in [4.69, 9.17) is 10.1 Å². The molecule has 1 aromatic carbocycles. The molecule has 0 radical (unpaired) electrons. The zero-order valence-corrected chi connectivity index (χ0v) is 15.8. The number of thiazole rings is 1. The number of hydrogen-bond donors (Lipinski definition) is 2. The predicted molar refractivity (Wildman–Crippen MR) is 106 cm³/mol. The van der Waals surface area contributed by atoms with Crippen LogP contribution in [0.15, 0.2) is 41.3 Å². The van der Waals surface area contributed by atoms with Gasteiger partial charge in [0, 0.05) is 17.1 Å². The topological polar surface area (TPSA) is 83.3 Å². The summed E-state index contributed by atoms with van der Waals surface area (Å²) < 4.78 is 5.50. The molecule has 0 aliphatic carbocycles. The van der Waals surface area contributed by atoms with Crippen LogP contribution in [0.25, 0.3) is 6.08 Å². The number of ketones is 1. The van der Waals surface area contributed by atoms with Gasteiger partial charge < -0.3 is 9.84 Å². The van der Waals surface area contributed by atoms with E-state index < -0.39 is 5.92 Å². The molecule has 5 nitrogen and oxygen atoms in total. The highest BCUT2D eigenvalue weighted by molar-refractivity contribution is 8.19. The van der Waals surface area contributed by atoms with Crippen molar-refractivity contribution in [3.05, 3.63) is 57.4 Å². The van der Waals surface area contributed by atoms with Crippen LogP contribution >= 0.6 is 23.1 Å². The number of thioether (sulfide) groups is 1. The monoisotopic (exact) mass is 386 g/mol. The second-order valence-corrected chi connectivity index (χ2v) is 7.61. The number of carbonyl (C=O) groups is 1. The van der Waals surface area contributed by atoms with E-state index in [9.17, 15) is 9.90 Å². The number of nitrogens with zero attached hydrogens (tertiary/aromatic N) is 1. The Morgan fingerprint density at radius 3 is 2.92 bits per heavy atom. The Bertz CT molecular complexity index is 888. The van der Waals surface area contributed by atoms with Crippen LogP contribution < -0.4 is 4.74 Å². The Kier molecular flexibility index (Phi) is 5.58. The molecular weight excluding hydrogens is 368 g/mol. The van der Waals surface area contributed by atoms with Gasteiger partial charge in [0.1, 0.15) is 10.9 Å². The maximum atomic E-state index is 12.7. The van der Waals surface area contributed by atoms with E-state index in [-0.39, 0.29) is 16.6 Å². The Hall–Kier alpha value is -2.38. The molecule has 1 aromatic heterocycles. The molecule has 1 aliphatic rings. The number of Topliss-reactive ketones (excluding diaryl/α,β-unsaturated/α-hetero) is 1. The van der Waals surface area contributed by atoms with Crippen molar-refractivity contribution in [2.24, 2.45) is 0 Å². The minimum Gasteiger partial charge on any atom is -0.504 e. The molecule has 26 heavy (non-hydrogen) atoms. The maximum absolute atomic E-state index is 12.7. The molecule has 0 saturated carbocycles. The smallest absolute Gasteiger partial charge is 0.186 e. The highest BCUT2D eigenvalue weighted by Crippen LogP contribution is 2.42. The SMILES string of the molecule is C=CCc1cc(C=C2SC(=N)C(c3nccs3)C2=O)cc(OCC)c1O. The third-order valence-electron chi connectivity index (χ3n) is 3.82. The summed E-state index contributed by atoms with van der Waals surface area (Å²) in [6, 6.07) is 3.51. The summed E-state index contributed by atoms with van der Waals surface area (Å²) in [5.74, 6) is -0.262. The fourth-order valence-electron chi connectivity index (χ4n) is 2.69. The highest BCUT2D eigenvalue weighted by atomic mass is 32.2. The normalized spacial score (nSPS) is 18.5. The maximum Gasteiger partial charge on any atom is 0.186 e. The number of allylic oxidation sites excluding steroid dienone is 2. The first-order chi connectivity index (χ1) is 12.5. The molecule has 1 saturated heterocycles. The number of rotatable bonds is 6. The summed E-state index contributed by atoms with van der Waals surface area (Å²) in [6.45, 7) is 5.97. The van der Waals surface area contributed by atoms with Gasteiger partial charge >= 0.3 is 0 Å². The zero-order chi connectivity index (χ0) is 18.7. The summed E-state index contributed by atoms with van der Waals surface area (Å²) in [5, 5.41) is 21.2. The first-order valence-corrected chi connectivity index (χ1v) is 9.76. The van der Waals surface area contributed by atoms with Gasteiger partial charge in [-0.25, -0.2) is 4.98 Å². The van der Waals surface area contributed by atoms with Crippen LogP contribution in [0.4, 0.5) is 0 Å². The molecule has 134 valence electrons. The number of hydrogen-bond acceptors (Lipinski definition) is 7. The van der Waals surface area contributed by atoms with E-state index in [0.717, 1.165) is 17.3 Å². The van der Waals surface area contributed by atoms with Crippen LogP contribution in [0.5, 0.6) is 11.5 Å². The molecule has 1 fully saturated rings. The van der Waals surface area contributed by atoms with Crippen molar-refractivity contribution in [3.8, 4) is 11.5 Å². The lowest BCUT2D eigenvalue weighted by Gasteiger charge is -2.11. The lowest BCUT2D eigenvalue weighted by Crippen LogP contribution is -2.11. The van der Waals surface area contributed by atoms with Crippen LogP contribution in [-0.4, -0.2) is 27.5 Å². The van der Waals surface area contributed by atoms with Gasteiger partial charge in [0.25, 0.3) is 0 Å². The highest BCUT2D eigenvalue weighted by Gasteiger charge is 2.38. The Labute approximate surface area is 159 Å². The summed E-state index contributed by atoms with van der Waals surface area (Å²) in [7, 11) is 0. The van der Waals surface area contributed by atoms with Crippen LogP contribution in [0.1, 0.15) is 29.0 Å². The van der Waals surface area contributed by atoms with Crippen molar-refractivity contribution in [1.29, 1.82) is 5.41 Å². The fraction of sp³-hybridized carbons (Fsp3) is 0.211. The van der Waals surface area contributed by atoms with Crippen LogP contribution in [0, 0.1) is 5.41 Å². The average Bonchev–Trinajstić information content (AvgIpc) is 3.21. The van der Waals surface area contributed by atoms with E-state index in [1.54, 1.807) is 35.9 Å². The molecule has 2 heterocycles. The number of benzene rings is 1. The molecule has 3 rings (SSSR count). The van der Waals surface area contributed by atoms with Gasteiger partial charge in [-0.1, -0.05) is 17.8 Å². The van der Waals surface area contributed by atoms with Crippen LogP contribution in [-0.2, 0) is 11.2 Å². The number of phenols is 1. The quantitative estimate of drug-likeness (QED) is 0.568. The Morgan fingerprint density at radius 1 is 1.46 bits per heavy atom. The van der Waals surface area contributed by atoms with E-state index in [1.165, 1.54) is 11.3 Å². The number of nitrogens with one attached hydrogen (secondary N) is 1. The number of phenolic OH excluding ortho intramolecular Hbond substituents is 1. The van der Waals surface area contributed by atoms with Crippen molar-refractivity contribution in [1.82, 2.24) is 4.98 Å². The second kappa shape index (κ2) is 7.88. The van der Waals surface area contributed by atoms with Gasteiger partial charge in [-0.15, -0.1) is 17.9 Å². The minimum absolute atomic E-state index is 0.0905. The van der Waals surface area contributed by atoms with Crippen molar-refractivity contribution in [2.75, 3.05) is 6.61 Å². The van der Waals surface area contributed by atoms with Crippen molar-refractivity contribution < 1.29 is 14.6 Å². The molecule has 1 unspecified atom stereocenters. The third-order valence-corrected chi connectivity index (χ3v) is 5.66. The van der Waals surface area contributed by atoms with Crippen LogP contribution in [0.2, 0.25) is 0 Å². The molecule has 0 spiro atoms. The summed E-state index contributed by atoms with van der Waals surface area (Å²) >= 11 is 2.53. The van der Waals surface area contributed by atoms with Gasteiger partial charge in [0.15, 0.2) is 17.3 Å². The van der Waals surface area contributed by atoms with Crippen molar-refractivity contribution in [3.63, 3.8) is 0 Å². The Morgan fingerprint density at radius 2 is 2.27 bits per heavy atom. The molecule has 1 aliphatic heterocycles. The molecule has 7 heteroatoms. The summed E-state index contributed by atoms with van der Waals surface area (Å²) in [5.41, 5.74) is 1.42. The molecule has 2 aromatic rings. The van der Waals surface area contributed by atoms with Gasteiger partial charge in [0.05, 0.1) is 16.6 Å². The van der Waals surface area contributed by atoms with E-state index in [0.29, 0.717) is 34.3 Å². The van der Waals surface area contributed by atoms with Crippen molar-refractivity contribution in [2.45, 2.75) is 19.3 Å². The fourth-order valence-corrected chi connectivity index (χ4v) is 4.50. The molecule has 0 amide bonds. The number of aromatic hydroxyl groups is 1. The number of aromatic nitrogens is 1. The number of carbonyl (C=O) groups excluding carboxylic acids is 1. The predicted octanol–water partition coefficient (Wildman–Crippen LogP) is 4.39. The second-order valence-electron chi connectivity index (χ2n) is 5.60. The van der Waals surface area contributed by atoms with Crippen molar-refractivity contribution >= 4 is 40.0 Å². The standard InChI is InChI=1S/C19H18N2O3S2/c1-3-5-12-8-11(9-13(16(12)22)24-4-2)10-14-17(23)15(18(20)26-14)19-21-6-7-25-19/h3,6-10,15,20,22H,1,4-5H2,2H3. The summed E-state index contributed by atoms with van der Waals surface area (Å²) in [6.07, 6.45) is 5.57. The molecule has 0 bridgehead atoms. The van der Waals surface area contributed by atoms with Gasteiger partial charge in [-0.3, -0.25) is 10.2 Å². The Balaban J connectivity index is 1.98. The lowest BCUT2D eigenvalue weighted by molar-refractivity contribution is -0.114. The molecular formula is C19H18N2O3S2. The lowest BCUT2D eigenvalue weighted by atomic mass is 10.0. The van der Waals surface area contributed by atoms with Gasteiger partial charge in [0.2, 0.25) is 0 Å². The first kappa shape index (κ1) is 18.4. The van der Waals surface area contributed by atoms with E-state index in [2.05, 4.69) is 11.6 Å². The largest absolute Gasteiger partial charge is 0.504 e. The first-order valence-electron chi connectivity index (χ1n) is 8.06. The van der Waals surface area contributed by atoms with E-state index in [1.807, 2.05) is 6.92 Å². The molecule has 1 atom stereocenters. The molecule has 2 N–H and O–H groups in total. The van der Waals surface area contributed by atoms with Crippen LogP contribution in [0.3, 0.4) is 0 Å². The summed E-state index contributed by atoms with van der Waals surface area (Å²) in [4.78, 5) is 17.4. The van der Waals surface area contributed by atoms with Gasteiger partial charge in [-0.2, -0.15) is 0 Å². The third kappa shape index (κ3) is 3.59. The van der Waals surface area contributed by atoms with Gasteiger partial charge in [-0.05, 0) is 37.1 Å². The van der Waals surface area contributed by atoms with E-state index >= 15 is 0 Å².